The van der Waals surface area contributed by atoms with Gasteiger partial charge in [0.05, 0.1) is 5.75 Å². The summed E-state index contributed by atoms with van der Waals surface area (Å²) in [6.45, 7) is 3.50. The van der Waals surface area contributed by atoms with Crippen LogP contribution in [-0.2, 0) is 15.8 Å². The van der Waals surface area contributed by atoms with E-state index in [9.17, 15) is 8.42 Å². The average molecular weight is 317 g/mol. The molecule has 0 radical (unpaired) electrons. The van der Waals surface area contributed by atoms with Gasteiger partial charge in [0.2, 0.25) is 10.0 Å². The van der Waals surface area contributed by atoms with Crippen LogP contribution in [-0.4, -0.2) is 50.8 Å². The Balaban J connectivity index is 1.93. The van der Waals surface area contributed by atoms with Gasteiger partial charge in [0.25, 0.3) is 0 Å². The second-order valence-corrected chi connectivity index (χ2v) is 7.70. The van der Waals surface area contributed by atoms with Crippen LogP contribution < -0.4 is 0 Å². The third-order valence-electron chi connectivity index (χ3n) is 3.70. The summed E-state index contributed by atoms with van der Waals surface area (Å²) < 4.78 is 26.1. The third-order valence-corrected chi connectivity index (χ3v) is 5.88. The van der Waals surface area contributed by atoms with E-state index in [1.807, 2.05) is 0 Å². The first-order valence-corrected chi connectivity index (χ1v) is 8.87. The minimum absolute atomic E-state index is 0.0385. The van der Waals surface area contributed by atoms with Crippen molar-refractivity contribution in [1.29, 1.82) is 0 Å². The van der Waals surface area contributed by atoms with E-state index in [-0.39, 0.29) is 5.75 Å². The monoisotopic (exact) mass is 316 g/mol. The smallest absolute Gasteiger partial charge is 0.218 e. The largest absolute Gasteiger partial charge is 0.302 e. The summed E-state index contributed by atoms with van der Waals surface area (Å²) in [5.41, 5.74) is 0.655. The van der Waals surface area contributed by atoms with Crippen molar-refractivity contribution in [2.45, 2.75) is 18.6 Å². The standard InChI is InChI=1S/C14H21ClN2O2S/c1-16(10-11-17-8-4-5-9-17)20(18,19)12-13-6-2-3-7-14(13)15/h2-3,6-7H,4-5,8-12H2,1H3. The number of likely N-dealkylation sites (N-methyl/N-ethyl adjacent to an activating group) is 1. The zero-order chi connectivity index (χ0) is 14.6. The zero-order valence-corrected chi connectivity index (χ0v) is 13.3. The summed E-state index contributed by atoms with van der Waals surface area (Å²) in [6, 6.07) is 7.08. The minimum atomic E-state index is -3.31. The number of halogens is 1. The van der Waals surface area contributed by atoms with Gasteiger partial charge >= 0.3 is 0 Å². The van der Waals surface area contributed by atoms with Crippen LogP contribution in [0.15, 0.2) is 24.3 Å². The van der Waals surface area contributed by atoms with E-state index in [0.29, 0.717) is 17.1 Å². The second-order valence-electron chi connectivity index (χ2n) is 5.22. The Labute approximate surface area is 126 Å². The number of benzene rings is 1. The van der Waals surface area contributed by atoms with Crippen molar-refractivity contribution >= 4 is 21.6 Å². The van der Waals surface area contributed by atoms with Crippen LogP contribution in [0.5, 0.6) is 0 Å². The molecule has 0 spiro atoms. The molecule has 20 heavy (non-hydrogen) atoms. The molecular weight excluding hydrogens is 296 g/mol. The van der Waals surface area contributed by atoms with Crippen molar-refractivity contribution < 1.29 is 8.42 Å². The maximum absolute atomic E-state index is 12.3. The maximum Gasteiger partial charge on any atom is 0.218 e. The summed E-state index contributed by atoms with van der Waals surface area (Å²) >= 11 is 6.02. The molecule has 1 fully saturated rings. The molecule has 112 valence electrons. The van der Waals surface area contributed by atoms with Gasteiger partial charge in [-0.1, -0.05) is 29.8 Å². The van der Waals surface area contributed by atoms with E-state index in [2.05, 4.69) is 4.90 Å². The number of hydrogen-bond acceptors (Lipinski definition) is 3. The molecule has 1 aromatic rings. The molecule has 0 bridgehead atoms. The van der Waals surface area contributed by atoms with Crippen LogP contribution in [0.1, 0.15) is 18.4 Å². The number of likely N-dealkylation sites (tertiary alicyclic amines) is 1. The summed E-state index contributed by atoms with van der Waals surface area (Å²) in [7, 11) is -1.66. The van der Waals surface area contributed by atoms with Gasteiger partial charge < -0.3 is 4.90 Å². The first kappa shape index (κ1) is 15.8. The second kappa shape index (κ2) is 6.89. The minimum Gasteiger partial charge on any atom is -0.302 e. The summed E-state index contributed by atoms with van der Waals surface area (Å²) in [6.07, 6.45) is 2.44. The molecule has 4 nitrogen and oxygen atoms in total. The first-order valence-electron chi connectivity index (χ1n) is 6.89. The number of nitrogens with zero attached hydrogens (tertiary/aromatic N) is 2. The lowest BCUT2D eigenvalue weighted by molar-refractivity contribution is 0.310. The van der Waals surface area contributed by atoms with Crippen molar-refractivity contribution in [3.05, 3.63) is 34.9 Å². The van der Waals surface area contributed by atoms with E-state index >= 15 is 0 Å². The molecule has 0 unspecified atom stereocenters. The fourth-order valence-corrected chi connectivity index (χ4v) is 3.86. The lowest BCUT2D eigenvalue weighted by atomic mass is 10.2. The lowest BCUT2D eigenvalue weighted by Crippen LogP contribution is -2.35. The van der Waals surface area contributed by atoms with Gasteiger partial charge in [0.1, 0.15) is 0 Å². The van der Waals surface area contributed by atoms with Crippen LogP contribution in [0.4, 0.5) is 0 Å². The van der Waals surface area contributed by atoms with Crippen molar-refractivity contribution in [2.75, 3.05) is 33.2 Å². The van der Waals surface area contributed by atoms with E-state index in [4.69, 9.17) is 11.6 Å². The van der Waals surface area contributed by atoms with Crippen LogP contribution in [0.25, 0.3) is 0 Å². The van der Waals surface area contributed by atoms with Gasteiger partial charge in [0, 0.05) is 25.2 Å². The molecule has 1 aromatic carbocycles. The van der Waals surface area contributed by atoms with E-state index in [1.165, 1.54) is 17.1 Å². The lowest BCUT2D eigenvalue weighted by Gasteiger charge is -2.21. The predicted octanol–water partition coefficient (Wildman–Crippen LogP) is 2.20. The summed E-state index contributed by atoms with van der Waals surface area (Å²) in [4.78, 5) is 2.31. The highest BCUT2D eigenvalue weighted by Gasteiger charge is 2.21. The number of rotatable bonds is 6. The van der Waals surface area contributed by atoms with Crippen LogP contribution in [0, 0.1) is 0 Å². The third kappa shape index (κ3) is 4.19. The van der Waals surface area contributed by atoms with Crippen molar-refractivity contribution in [1.82, 2.24) is 9.21 Å². The number of sulfonamides is 1. The Morgan fingerprint density at radius 1 is 1.25 bits per heavy atom. The highest BCUT2D eigenvalue weighted by Crippen LogP contribution is 2.19. The Hall–Kier alpha value is -0.620. The van der Waals surface area contributed by atoms with Gasteiger partial charge in [-0.2, -0.15) is 0 Å². The van der Waals surface area contributed by atoms with E-state index in [0.717, 1.165) is 19.6 Å². The highest BCUT2D eigenvalue weighted by atomic mass is 35.5. The molecule has 0 saturated carbocycles. The molecule has 0 atom stereocenters. The van der Waals surface area contributed by atoms with Gasteiger partial charge in [-0.25, -0.2) is 12.7 Å². The van der Waals surface area contributed by atoms with Gasteiger partial charge in [-0.05, 0) is 37.6 Å². The normalized spacial score (nSPS) is 16.9. The maximum atomic E-state index is 12.3. The van der Waals surface area contributed by atoms with Gasteiger partial charge in [-0.15, -0.1) is 0 Å². The molecule has 1 aliphatic rings. The molecule has 0 N–H and O–H groups in total. The van der Waals surface area contributed by atoms with Crippen molar-refractivity contribution in [3.63, 3.8) is 0 Å². The fraction of sp³-hybridized carbons (Fsp3) is 0.571. The molecule has 0 aliphatic carbocycles. The molecule has 1 aliphatic heterocycles. The quantitative estimate of drug-likeness (QED) is 0.808. The Bertz CT molecular complexity index is 542. The molecule has 6 heteroatoms. The topological polar surface area (TPSA) is 40.6 Å². The summed E-state index contributed by atoms with van der Waals surface area (Å²) in [5, 5.41) is 0.504. The first-order chi connectivity index (χ1) is 9.49. The zero-order valence-electron chi connectivity index (χ0n) is 11.8. The van der Waals surface area contributed by atoms with Crippen molar-refractivity contribution in [3.8, 4) is 0 Å². The van der Waals surface area contributed by atoms with Crippen LogP contribution in [0.3, 0.4) is 0 Å². The van der Waals surface area contributed by atoms with E-state index < -0.39 is 10.0 Å². The Morgan fingerprint density at radius 3 is 2.55 bits per heavy atom. The average Bonchev–Trinajstić information content (AvgIpc) is 2.91. The molecule has 1 saturated heterocycles. The Kier molecular flexibility index (Phi) is 5.43. The van der Waals surface area contributed by atoms with Gasteiger partial charge in [-0.3, -0.25) is 0 Å². The SMILES string of the molecule is CN(CCN1CCCC1)S(=O)(=O)Cc1ccccc1Cl. The van der Waals surface area contributed by atoms with Gasteiger partial charge in [0.15, 0.2) is 0 Å². The molecule has 0 aromatic heterocycles. The van der Waals surface area contributed by atoms with Crippen LogP contribution in [0.2, 0.25) is 5.02 Å². The molecule has 1 heterocycles. The molecular formula is C14H21ClN2O2S. The van der Waals surface area contributed by atoms with Crippen LogP contribution >= 0.6 is 11.6 Å². The fourth-order valence-electron chi connectivity index (χ4n) is 2.35. The summed E-state index contributed by atoms with van der Waals surface area (Å²) in [5.74, 6) is -0.0385. The van der Waals surface area contributed by atoms with E-state index in [1.54, 1.807) is 31.3 Å². The Morgan fingerprint density at radius 2 is 1.90 bits per heavy atom. The van der Waals surface area contributed by atoms with Crippen molar-refractivity contribution in [2.24, 2.45) is 0 Å². The molecule has 0 amide bonds. The highest BCUT2D eigenvalue weighted by molar-refractivity contribution is 7.88. The molecule has 2 rings (SSSR count). The number of hydrogen-bond donors (Lipinski definition) is 0. The predicted molar refractivity (Wildman–Crippen MR) is 82.4 cm³/mol.